The summed E-state index contributed by atoms with van der Waals surface area (Å²) in [5.41, 5.74) is 5.85. The highest BCUT2D eigenvalue weighted by atomic mass is 19.1. The zero-order valence-electron chi connectivity index (χ0n) is 11.3. The first-order valence-electron chi connectivity index (χ1n) is 6.94. The molecular weight excluding hydrogens is 243 g/mol. The predicted molar refractivity (Wildman–Crippen MR) is 74.6 cm³/mol. The van der Waals surface area contributed by atoms with E-state index in [0.717, 1.165) is 5.69 Å². The van der Waals surface area contributed by atoms with Gasteiger partial charge in [0.15, 0.2) is 0 Å². The van der Waals surface area contributed by atoms with Gasteiger partial charge in [-0.25, -0.2) is 4.39 Å². The van der Waals surface area contributed by atoms with E-state index >= 15 is 0 Å². The smallest absolute Gasteiger partial charge is 0.251 e. The van der Waals surface area contributed by atoms with Gasteiger partial charge in [-0.15, -0.1) is 0 Å². The summed E-state index contributed by atoms with van der Waals surface area (Å²) in [5.74, 6) is -0.648. The second-order valence-corrected chi connectivity index (χ2v) is 5.39. The van der Waals surface area contributed by atoms with Crippen LogP contribution < -0.4 is 11.1 Å². The maximum absolute atomic E-state index is 13.4. The number of nitrogens with two attached hydrogens (primary N) is 1. The number of halogens is 1. The Bertz CT molecular complexity index is 455. The van der Waals surface area contributed by atoms with Crippen LogP contribution in [0, 0.1) is 11.7 Å². The summed E-state index contributed by atoms with van der Waals surface area (Å²) in [7, 11) is 0. The second-order valence-electron chi connectivity index (χ2n) is 5.39. The first-order valence-corrected chi connectivity index (χ1v) is 6.94. The molecule has 2 rings (SSSR count). The number of rotatable bonds is 4. The summed E-state index contributed by atoms with van der Waals surface area (Å²) in [6, 6.07) is 4.76. The van der Waals surface area contributed by atoms with Gasteiger partial charge in [0.25, 0.3) is 5.91 Å². The van der Waals surface area contributed by atoms with Gasteiger partial charge in [-0.1, -0.05) is 19.3 Å². The van der Waals surface area contributed by atoms with Crippen LogP contribution in [0.15, 0.2) is 18.2 Å². The lowest BCUT2D eigenvalue weighted by molar-refractivity contribution is 0.0996. The van der Waals surface area contributed by atoms with Crippen molar-refractivity contribution in [2.24, 2.45) is 11.7 Å². The topological polar surface area (TPSA) is 55.1 Å². The van der Waals surface area contributed by atoms with Crippen molar-refractivity contribution >= 4 is 11.6 Å². The van der Waals surface area contributed by atoms with E-state index in [-0.39, 0.29) is 5.56 Å². The molecule has 1 aromatic carbocycles. The molecule has 1 aliphatic rings. The number of carbonyl (C=O) groups excluding carboxylic acids is 1. The molecule has 4 heteroatoms. The monoisotopic (exact) mass is 264 g/mol. The summed E-state index contributed by atoms with van der Waals surface area (Å²) in [5, 5.41) is 3.36. The molecule has 0 spiro atoms. The van der Waals surface area contributed by atoms with Gasteiger partial charge < -0.3 is 11.1 Å². The van der Waals surface area contributed by atoms with Crippen molar-refractivity contribution in [3.05, 3.63) is 29.6 Å². The largest absolute Gasteiger partial charge is 0.382 e. The summed E-state index contributed by atoms with van der Waals surface area (Å²) in [6.07, 6.45) is 6.36. The fraction of sp³-hybridized carbons (Fsp3) is 0.533. The molecule has 1 aliphatic carbocycles. The van der Waals surface area contributed by atoms with Gasteiger partial charge in [0.2, 0.25) is 0 Å². The van der Waals surface area contributed by atoms with E-state index in [4.69, 9.17) is 5.73 Å². The van der Waals surface area contributed by atoms with Crippen molar-refractivity contribution in [3.63, 3.8) is 0 Å². The molecule has 1 amide bonds. The van der Waals surface area contributed by atoms with Gasteiger partial charge in [-0.3, -0.25) is 4.79 Å². The van der Waals surface area contributed by atoms with Gasteiger partial charge in [-0.05, 0) is 43.9 Å². The molecule has 1 fully saturated rings. The Hall–Kier alpha value is -1.58. The lowest BCUT2D eigenvalue weighted by Crippen LogP contribution is -2.27. The van der Waals surface area contributed by atoms with Gasteiger partial charge in [0, 0.05) is 11.7 Å². The standard InChI is InChI=1S/C15H21FN2O/c1-10(11-5-3-2-4-6-11)18-12-7-8-14(16)13(9-12)15(17)19/h7-11,18H,2-6H2,1H3,(H2,17,19). The molecule has 1 atom stereocenters. The first-order chi connectivity index (χ1) is 9.08. The van der Waals surface area contributed by atoms with E-state index in [9.17, 15) is 9.18 Å². The molecule has 0 saturated heterocycles. The van der Waals surface area contributed by atoms with E-state index < -0.39 is 11.7 Å². The van der Waals surface area contributed by atoms with Crippen LogP contribution in [0.4, 0.5) is 10.1 Å². The number of carbonyl (C=O) groups is 1. The van der Waals surface area contributed by atoms with Gasteiger partial charge >= 0.3 is 0 Å². The van der Waals surface area contributed by atoms with Crippen LogP contribution in [0.5, 0.6) is 0 Å². The number of nitrogens with one attached hydrogen (secondary N) is 1. The van der Waals surface area contributed by atoms with E-state index in [0.29, 0.717) is 12.0 Å². The van der Waals surface area contributed by atoms with Crippen LogP contribution in [0.1, 0.15) is 49.4 Å². The number of hydrogen-bond acceptors (Lipinski definition) is 2. The fourth-order valence-corrected chi connectivity index (χ4v) is 2.82. The normalized spacial score (nSPS) is 18.0. The van der Waals surface area contributed by atoms with Crippen LogP contribution in [-0.2, 0) is 0 Å². The van der Waals surface area contributed by atoms with E-state index in [1.165, 1.54) is 44.2 Å². The molecule has 3 nitrogen and oxygen atoms in total. The molecule has 1 aromatic rings. The maximum Gasteiger partial charge on any atom is 0.251 e. The minimum absolute atomic E-state index is 0.0548. The number of primary amides is 1. The molecule has 0 heterocycles. The molecule has 3 N–H and O–H groups in total. The molecule has 1 saturated carbocycles. The molecule has 0 aromatic heterocycles. The van der Waals surface area contributed by atoms with Crippen molar-refractivity contribution in [1.82, 2.24) is 0 Å². The second kappa shape index (κ2) is 6.04. The fourth-order valence-electron chi connectivity index (χ4n) is 2.82. The van der Waals surface area contributed by atoms with E-state index in [1.54, 1.807) is 6.07 Å². The van der Waals surface area contributed by atoms with Crippen molar-refractivity contribution in [2.75, 3.05) is 5.32 Å². The predicted octanol–water partition coefficient (Wildman–Crippen LogP) is 3.31. The van der Waals surface area contributed by atoms with Crippen LogP contribution in [0.2, 0.25) is 0 Å². The van der Waals surface area contributed by atoms with Crippen LogP contribution in [0.25, 0.3) is 0 Å². The SMILES string of the molecule is CC(Nc1ccc(F)c(C(N)=O)c1)C1CCCCC1. The summed E-state index contributed by atoms with van der Waals surface area (Å²) < 4.78 is 13.4. The highest BCUT2D eigenvalue weighted by Gasteiger charge is 2.20. The molecule has 19 heavy (non-hydrogen) atoms. The molecule has 0 bridgehead atoms. The molecule has 0 radical (unpaired) electrons. The minimum Gasteiger partial charge on any atom is -0.382 e. The lowest BCUT2D eigenvalue weighted by atomic mass is 9.84. The van der Waals surface area contributed by atoms with Crippen molar-refractivity contribution in [3.8, 4) is 0 Å². The first kappa shape index (κ1) is 13.8. The average Bonchev–Trinajstić information content (AvgIpc) is 2.41. The molecule has 0 aliphatic heterocycles. The lowest BCUT2D eigenvalue weighted by Gasteiger charge is -2.29. The quantitative estimate of drug-likeness (QED) is 0.876. The molecule has 104 valence electrons. The van der Waals surface area contributed by atoms with Crippen molar-refractivity contribution in [1.29, 1.82) is 0 Å². The van der Waals surface area contributed by atoms with Crippen molar-refractivity contribution in [2.45, 2.75) is 45.1 Å². The van der Waals surface area contributed by atoms with E-state index in [1.807, 2.05) is 0 Å². The van der Waals surface area contributed by atoms with Gasteiger partial charge in [-0.2, -0.15) is 0 Å². The number of benzene rings is 1. The Morgan fingerprint density at radius 2 is 2.05 bits per heavy atom. The highest BCUT2D eigenvalue weighted by Crippen LogP contribution is 2.28. The summed E-state index contributed by atoms with van der Waals surface area (Å²) in [6.45, 7) is 2.14. The molecule has 1 unspecified atom stereocenters. The van der Waals surface area contributed by atoms with Gasteiger partial charge in [0.1, 0.15) is 5.82 Å². The van der Waals surface area contributed by atoms with Crippen LogP contribution in [0.3, 0.4) is 0 Å². The zero-order chi connectivity index (χ0) is 13.8. The Morgan fingerprint density at radius 1 is 1.37 bits per heavy atom. The average molecular weight is 264 g/mol. The maximum atomic E-state index is 13.4. The summed E-state index contributed by atoms with van der Waals surface area (Å²) in [4.78, 5) is 11.1. The Labute approximate surface area is 113 Å². The number of anilines is 1. The molecular formula is C15H21FN2O. The highest BCUT2D eigenvalue weighted by molar-refractivity contribution is 5.94. The van der Waals surface area contributed by atoms with Crippen LogP contribution >= 0.6 is 0 Å². The zero-order valence-corrected chi connectivity index (χ0v) is 11.3. The van der Waals surface area contributed by atoms with Gasteiger partial charge in [0.05, 0.1) is 5.56 Å². The van der Waals surface area contributed by atoms with E-state index in [2.05, 4.69) is 12.2 Å². The Morgan fingerprint density at radius 3 is 2.68 bits per heavy atom. The third kappa shape index (κ3) is 3.46. The third-order valence-corrected chi connectivity index (χ3v) is 3.98. The Kier molecular flexibility index (Phi) is 4.40. The third-order valence-electron chi connectivity index (χ3n) is 3.98. The number of hydrogen-bond donors (Lipinski definition) is 2. The Balaban J connectivity index is 2.05. The van der Waals surface area contributed by atoms with Crippen LogP contribution in [-0.4, -0.2) is 11.9 Å². The van der Waals surface area contributed by atoms with Crippen molar-refractivity contribution < 1.29 is 9.18 Å². The number of amides is 1. The summed E-state index contributed by atoms with van der Waals surface area (Å²) >= 11 is 0. The minimum atomic E-state index is -0.730.